The van der Waals surface area contributed by atoms with Gasteiger partial charge in [-0.25, -0.2) is 9.78 Å². The predicted molar refractivity (Wildman–Crippen MR) is 119 cm³/mol. The Morgan fingerprint density at radius 2 is 1.94 bits per heavy atom. The van der Waals surface area contributed by atoms with Gasteiger partial charge in [0, 0.05) is 24.8 Å². The lowest BCUT2D eigenvalue weighted by molar-refractivity contribution is 0.251. The average Bonchev–Trinajstić information content (AvgIpc) is 3.37. The second kappa shape index (κ2) is 9.29. The van der Waals surface area contributed by atoms with Gasteiger partial charge in [0.25, 0.3) is 0 Å². The van der Waals surface area contributed by atoms with Crippen LogP contribution in [0.1, 0.15) is 23.0 Å². The van der Waals surface area contributed by atoms with Crippen molar-refractivity contribution in [3.63, 3.8) is 0 Å². The zero-order valence-electron chi connectivity index (χ0n) is 18.1. The van der Waals surface area contributed by atoms with Crippen LogP contribution < -0.4 is 15.4 Å². The number of anilines is 1. The summed E-state index contributed by atoms with van der Waals surface area (Å²) in [5, 5.41) is 20.7. The maximum absolute atomic E-state index is 12.3. The minimum atomic E-state index is -0.299. The molecule has 10 heteroatoms. The normalized spacial score (nSPS) is 10.7. The van der Waals surface area contributed by atoms with Crippen molar-refractivity contribution < 1.29 is 9.53 Å². The summed E-state index contributed by atoms with van der Waals surface area (Å²) in [6.07, 6.45) is 0. The lowest BCUT2D eigenvalue weighted by Gasteiger charge is -2.10. The van der Waals surface area contributed by atoms with Crippen molar-refractivity contribution in [1.82, 2.24) is 35.3 Å². The van der Waals surface area contributed by atoms with E-state index < -0.39 is 0 Å². The minimum absolute atomic E-state index is 0.299. The molecule has 2 heterocycles. The molecule has 0 fully saturated rings. The van der Waals surface area contributed by atoms with E-state index in [-0.39, 0.29) is 6.03 Å². The van der Waals surface area contributed by atoms with E-state index in [9.17, 15) is 4.79 Å². The van der Waals surface area contributed by atoms with Crippen LogP contribution in [-0.4, -0.2) is 36.0 Å². The molecule has 0 aliphatic carbocycles. The lowest BCUT2D eigenvalue weighted by Crippen LogP contribution is -2.28. The molecule has 0 aliphatic rings. The Morgan fingerprint density at radius 1 is 1.12 bits per heavy atom. The van der Waals surface area contributed by atoms with E-state index >= 15 is 0 Å². The molecule has 2 aromatic carbocycles. The van der Waals surface area contributed by atoms with E-state index in [4.69, 9.17) is 4.74 Å². The third-order valence-electron chi connectivity index (χ3n) is 4.90. The number of hydrogen-bond acceptors (Lipinski definition) is 6. The molecule has 10 nitrogen and oxygen atoms in total. The smallest absolute Gasteiger partial charge is 0.319 e. The van der Waals surface area contributed by atoms with Gasteiger partial charge in [-0.3, -0.25) is 5.10 Å². The van der Waals surface area contributed by atoms with Gasteiger partial charge in [-0.15, -0.1) is 10.2 Å². The Morgan fingerprint density at radius 3 is 2.62 bits per heavy atom. The highest BCUT2D eigenvalue weighted by Gasteiger charge is 2.08. The Bertz CT molecular complexity index is 1210. The highest BCUT2D eigenvalue weighted by Crippen LogP contribution is 2.18. The van der Waals surface area contributed by atoms with Gasteiger partial charge in [0.1, 0.15) is 24.0 Å². The van der Waals surface area contributed by atoms with Crippen LogP contribution in [0.5, 0.6) is 5.75 Å². The highest BCUT2D eigenvalue weighted by atomic mass is 16.5. The number of carbonyl (C=O) groups excluding carboxylic acids is 1. The summed E-state index contributed by atoms with van der Waals surface area (Å²) in [6.45, 7) is 4.43. The fraction of sp³-hybridized carbons (Fsp3) is 0.227. The van der Waals surface area contributed by atoms with E-state index in [2.05, 4.69) is 36.0 Å². The van der Waals surface area contributed by atoms with E-state index in [0.29, 0.717) is 30.4 Å². The summed E-state index contributed by atoms with van der Waals surface area (Å²) in [4.78, 5) is 16.6. The number of amides is 2. The predicted octanol–water partition coefficient (Wildman–Crippen LogP) is 3.12. The number of H-pyrrole nitrogens is 1. The number of nitrogens with one attached hydrogen (secondary N) is 3. The van der Waals surface area contributed by atoms with Crippen molar-refractivity contribution >= 4 is 11.7 Å². The molecular weight excluding hydrogens is 408 g/mol. The molecule has 0 saturated heterocycles. The van der Waals surface area contributed by atoms with Crippen LogP contribution in [0, 0.1) is 13.8 Å². The van der Waals surface area contributed by atoms with Crippen molar-refractivity contribution in [3.05, 3.63) is 71.6 Å². The first kappa shape index (κ1) is 21.0. The van der Waals surface area contributed by atoms with Crippen molar-refractivity contribution in [2.45, 2.75) is 27.0 Å². The van der Waals surface area contributed by atoms with Crippen molar-refractivity contribution in [2.24, 2.45) is 7.05 Å². The van der Waals surface area contributed by atoms with Gasteiger partial charge in [0.05, 0.1) is 0 Å². The second-order valence-electron chi connectivity index (χ2n) is 7.29. The van der Waals surface area contributed by atoms with Crippen LogP contribution in [0.3, 0.4) is 0 Å². The Hall–Kier alpha value is -4.21. The molecule has 0 saturated carbocycles. The van der Waals surface area contributed by atoms with E-state index in [1.807, 2.05) is 49.7 Å². The molecule has 0 unspecified atom stereocenters. The quantitative estimate of drug-likeness (QED) is 0.412. The summed E-state index contributed by atoms with van der Waals surface area (Å²) < 4.78 is 7.61. The summed E-state index contributed by atoms with van der Waals surface area (Å²) in [5.74, 6) is 3.63. The molecule has 2 aromatic heterocycles. The van der Waals surface area contributed by atoms with E-state index in [1.54, 1.807) is 24.3 Å². The molecule has 0 bridgehead atoms. The van der Waals surface area contributed by atoms with Gasteiger partial charge in [-0.1, -0.05) is 18.2 Å². The monoisotopic (exact) mass is 432 g/mol. The molecule has 0 spiro atoms. The van der Waals surface area contributed by atoms with E-state index in [1.165, 1.54) is 0 Å². The first-order valence-corrected chi connectivity index (χ1v) is 10.1. The van der Waals surface area contributed by atoms with Crippen molar-refractivity contribution in [2.75, 3.05) is 5.32 Å². The average molecular weight is 432 g/mol. The maximum atomic E-state index is 12.3. The van der Waals surface area contributed by atoms with Crippen LogP contribution in [0.4, 0.5) is 10.5 Å². The molecule has 3 N–H and O–H groups in total. The van der Waals surface area contributed by atoms with Gasteiger partial charge in [-0.05, 0) is 49.7 Å². The zero-order chi connectivity index (χ0) is 22.5. The molecule has 2 amide bonds. The first-order chi connectivity index (χ1) is 15.5. The Kier molecular flexibility index (Phi) is 6.11. The lowest BCUT2D eigenvalue weighted by atomic mass is 10.1. The molecule has 4 aromatic rings. The third-order valence-corrected chi connectivity index (χ3v) is 4.90. The highest BCUT2D eigenvalue weighted by molar-refractivity contribution is 5.89. The number of aryl methyl sites for hydroxylation is 2. The molecule has 164 valence electrons. The molecule has 4 rings (SSSR count). The molecule has 0 radical (unpaired) electrons. The first-order valence-electron chi connectivity index (χ1n) is 10.1. The zero-order valence-corrected chi connectivity index (χ0v) is 18.1. The number of ether oxygens (including phenoxy) is 1. The number of urea groups is 1. The minimum Gasteiger partial charge on any atom is -0.486 e. The van der Waals surface area contributed by atoms with Crippen LogP contribution in [0.2, 0.25) is 0 Å². The molecular formula is C22H24N8O2. The van der Waals surface area contributed by atoms with Gasteiger partial charge in [0.2, 0.25) is 0 Å². The number of carbonyl (C=O) groups is 1. The maximum Gasteiger partial charge on any atom is 0.319 e. The van der Waals surface area contributed by atoms with Gasteiger partial charge >= 0.3 is 6.03 Å². The number of rotatable bonds is 7. The van der Waals surface area contributed by atoms with E-state index in [0.717, 1.165) is 28.6 Å². The largest absolute Gasteiger partial charge is 0.486 e. The fourth-order valence-electron chi connectivity index (χ4n) is 3.01. The van der Waals surface area contributed by atoms with Gasteiger partial charge in [0.15, 0.2) is 11.6 Å². The molecule has 0 aliphatic heterocycles. The van der Waals surface area contributed by atoms with Gasteiger partial charge < -0.3 is 19.9 Å². The summed E-state index contributed by atoms with van der Waals surface area (Å²) in [6, 6.07) is 14.6. The van der Waals surface area contributed by atoms with Crippen LogP contribution in [-0.2, 0) is 20.2 Å². The fourth-order valence-corrected chi connectivity index (χ4v) is 3.01. The second-order valence-corrected chi connectivity index (χ2v) is 7.29. The third kappa shape index (κ3) is 5.09. The summed E-state index contributed by atoms with van der Waals surface area (Å²) in [5.41, 5.74) is 2.50. The van der Waals surface area contributed by atoms with Crippen molar-refractivity contribution in [1.29, 1.82) is 0 Å². The standard InChI is InChI=1S/C22H24N8O2/c1-14-24-21(29-26-14)17-6-4-5-16(11-17)12-23-22(31)25-18-7-9-19(10-8-18)32-13-20-28-27-15(2)30(20)3/h4-11H,12-13H2,1-3H3,(H2,23,25,31)(H,24,26,29). The SMILES string of the molecule is Cc1nc(-c2cccc(CNC(=O)Nc3ccc(OCc4nnc(C)n4C)cc3)c2)n[nH]1. The van der Waals surface area contributed by atoms with Crippen LogP contribution >= 0.6 is 0 Å². The Balaban J connectivity index is 1.27. The number of aromatic nitrogens is 6. The van der Waals surface area contributed by atoms with Crippen LogP contribution in [0.25, 0.3) is 11.4 Å². The number of aromatic amines is 1. The Labute approximate surface area is 185 Å². The van der Waals surface area contributed by atoms with Crippen LogP contribution in [0.15, 0.2) is 48.5 Å². The number of benzene rings is 2. The molecule has 32 heavy (non-hydrogen) atoms. The van der Waals surface area contributed by atoms with Crippen molar-refractivity contribution in [3.8, 4) is 17.1 Å². The topological polar surface area (TPSA) is 123 Å². The molecule has 0 atom stereocenters. The summed E-state index contributed by atoms with van der Waals surface area (Å²) >= 11 is 0. The number of nitrogens with zero attached hydrogens (tertiary/aromatic N) is 5. The summed E-state index contributed by atoms with van der Waals surface area (Å²) in [7, 11) is 1.89. The number of hydrogen-bond donors (Lipinski definition) is 3. The van der Waals surface area contributed by atoms with Gasteiger partial charge in [-0.2, -0.15) is 5.10 Å².